The number of halogens is 1. The number of hydrogen-bond donors (Lipinski definition) is 0. The minimum Gasteiger partial charge on any atom is -0.324 e. The van der Waals surface area contributed by atoms with Gasteiger partial charge in [-0.25, -0.2) is 4.57 Å². The maximum Gasteiger partial charge on any atom is 0.169 e. The summed E-state index contributed by atoms with van der Waals surface area (Å²) in [5, 5.41) is 0.751. The molecule has 104 valence electrons. The molecule has 2 nitrogen and oxygen atoms in total. The van der Waals surface area contributed by atoms with Crippen LogP contribution >= 0.6 is 11.6 Å². The number of nitrogens with zero attached hydrogens (tertiary/aromatic N) is 2. The molecule has 2 heterocycles. The normalized spacial score (nSPS) is 13.6. The molecule has 0 amide bonds. The largest absolute Gasteiger partial charge is 0.324 e. The second-order valence-corrected chi connectivity index (χ2v) is 5.39. The van der Waals surface area contributed by atoms with Gasteiger partial charge >= 0.3 is 0 Å². The van der Waals surface area contributed by atoms with Crippen LogP contribution in [0.2, 0.25) is 5.02 Å². The summed E-state index contributed by atoms with van der Waals surface area (Å²) < 4.78 is 2.02. The number of allylic oxidation sites excluding steroid dienone is 3. The fourth-order valence-corrected chi connectivity index (χ4v) is 2.25. The Morgan fingerprint density at radius 1 is 0.952 bits per heavy atom. The van der Waals surface area contributed by atoms with E-state index in [1.54, 1.807) is 0 Å². The van der Waals surface area contributed by atoms with E-state index in [1.165, 1.54) is 11.1 Å². The van der Waals surface area contributed by atoms with Gasteiger partial charge in [-0.2, -0.15) is 0 Å². The molecule has 3 rings (SSSR count). The number of anilines is 1. The first-order valence-corrected chi connectivity index (χ1v) is 7.16. The second kappa shape index (κ2) is 5.98. The van der Waals surface area contributed by atoms with E-state index in [4.69, 9.17) is 11.6 Å². The number of aromatic nitrogens is 1. The summed E-state index contributed by atoms with van der Waals surface area (Å²) in [7, 11) is 2.02. The van der Waals surface area contributed by atoms with E-state index >= 15 is 0 Å². The monoisotopic (exact) mass is 295 g/mol. The molecule has 0 unspecified atom stereocenters. The Kier molecular flexibility index (Phi) is 3.89. The third-order valence-corrected chi connectivity index (χ3v) is 3.57. The highest BCUT2D eigenvalue weighted by Gasteiger charge is 2.04. The molecule has 0 saturated carbocycles. The molecular formula is C18H16ClN2+. The van der Waals surface area contributed by atoms with Gasteiger partial charge < -0.3 is 4.90 Å². The zero-order chi connectivity index (χ0) is 14.7. The predicted octanol–water partition coefficient (Wildman–Crippen LogP) is 4.10. The molecule has 0 atom stereocenters. The van der Waals surface area contributed by atoms with Gasteiger partial charge in [0.05, 0.1) is 0 Å². The fourth-order valence-electron chi connectivity index (χ4n) is 2.12. The minimum atomic E-state index is 0.751. The van der Waals surface area contributed by atoms with Gasteiger partial charge in [0.2, 0.25) is 0 Å². The summed E-state index contributed by atoms with van der Waals surface area (Å²) in [6.07, 6.45) is 14.6. The van der Waals surface area contributed by atoms with Crippen molar-refractivity contribution in [2.45, 2.75) is 0 Å². The van der Waals surface area contributed by atoms with E-state index in [-0.39, 0.29) is 0 Å². The average molecular weight is 296 g/mol. The molecule has 0 aliphatic carbocycles. The number of rotatable bonds is 2. The molecule has 0 bridgehead atoms. The van der Waals surface area contributed by atoms with Crippen LogP contribution in [0.25, 0.3) is 6.08 Å². The molecule has 2 aromatic rings. The summed E-state index contributed by atoms with van der Waals surface area (Å²) >= 11 is 5.91. The highest BCUT2D eigenvalue weighted by atomic mass is 35.5. The molecule has 0 fully saturated rings. The predicted molar refractivity (Wildman–Crippen MR) is 87.8 cm³/mol. The lowest BCUT2D eigenvalue weighted by molar-refractivity contribution is -0.671. The second-order valence-electron chi connectivity index (χ2n) is 4.96. The van der Waals surface area contributed by atoms with Crippen LogP contribution < -0.4 is 9.47 Å². The van der Waals surface area contributed by atoms with Gasteiger partial charge in [-0.05, 0) is 53.6 Å². The first-order chi connectivity index (χ1) is 10.2. The van der Waals surface area contributed by atoms with E-state index in [1.807, 2.05) is 48.3 Å². The molecule has 0 saturated heterocycles. The Balaban J connectivity index is 1.76. The van der Waals surface area contributed by atoms with Crippen LogP contribution in [0.4, 0.5) is 5.69 Å². The van der Waals surface area contributed by atoms with Gasteiger partial charge in [0.1, 0.15) is 7.05 Å². The van der Waals surface area contributed by atoms with Crippen LogP contribution in [0.3, 0.4) is 0 Å². The Bertz CT molecular complexity index is 694. The zero-order valence-corrected chi connectivity index (χ0v) is 12.5. The van der Waals surface area contributed by atoms with Crippen LogP contribution in [0.5, 0.6) is 0 Å². The molecular weight excluding hydrogens is 280 g/mol. The molecule has 3 heteroatoms. The third-order valence-electron chi connectivity index (χ3n) is 3.32. The molecule has 1 aromatic carbocycles. The van der Waals surface area contributed by atoms with Gasteiger partial charge in [-0.15, -0.1) is 0 Å². The minimum absolute atomic E-state index is 0.751. The summed E-state index contributed by atoms with van der Waals surface area (Å²) in [4.78, 5) is 2.07. The van der Waals surface area contributed by atoms with Crippen molar-refractivity contribution in [1.29, 1.82) is 0 Å². The Labute approximate surface area is 129 Å². The smallest absolute Gasteiger partial charge is 0.169 e. The van der Waals surface area contributed by atoms with Crippen LogP contribution in [0, 0.1) is 0 Å². The van der Waals surface area contributed by atoms with Gasteiger partial charge in [0.25, 0.3) is 0 Å². The third kappa shape index (κ3) is 3.41. The Morgan fingerprint density at radius 3 is 2.19 bits per heavy atom. The number of aryl methyl sites for hydroxylation is 1. The quantitative estimate of drug-likeness (QED) is 0.757. The molecule has 21 heavy (non-hydrogen) atoms. The Morgan fingerprint density at radius 2 is 1.57 bits per heavy atom. The van der Waals surface area contributed by atoms with E-state index in [9.17, 15) is 0 Å². The first kappa shape index (κ1) is 13.7. The lowest BCUT2D eigenvalue weighted by Crippen LogP contribution is -2.25. The summed E-state index contributed by atoms with van der Waals surface area (Å²) in [5.41, 5.74) is 3.46. The molecule has 1 aromatic heterocycles. The van der Waals surface area contributed by atoms with E-state index in [2.05, 4.69) is 47.7 Å². The summed E-state index contributed by atoms with van der Waals surface area (Å²) in [6.45, 7) is 0. The lowest BCUT2D eigenvalue weighted by Gasteiger charge is -2.19. The van der Waals surface area contributed by atoms with Crippen molar-refractivity contribution in [3.05, 3.63) is 89.5 Å². The van der Waals surface area contributed by atoms with Gasteiger partial charge in [0.15, 0.2) is 12.4 Å². The topological polar surface area (TPSA) is 7.12 Å². The van der Waals surface area contributed by atoms with Crippen LogP contribution in [0.1, 0.15) is 5.56 Å². The van der Waals surface area contributed by atoms with Gasteiger partial charge in [-0.1, -0.05) is 11.6 Å². The van der Waals surface area contributed by atoms with Gasteiger partial charge in [0, 0.05) is 35.2 Å². The van der Waals surface area contributed by atoms with Crippen LogP contribution in [0.15, 0.2) is 78.9 Å². The summed E-state index contributed by atoms with van der Waals surface area (Å²) in [5.74, 6) is 0. The van der Waals surface area contributed by atoms with Crippen molar-refractivity contribution in [2.75, 3.05) is 4.90 Å². The molecule has 1 aliphatic rings. The van der Waals surface area contributed by atoms with Crippen molar-refractivity contribution >= 4 is 23.4 Å². The molecule has 1 aliphatic heterocycles. The maximum absolute atomic E-state index is 5.91. The molecule has 0 radical (unpaired) electrons. The van der Waals surface area contributed by atoms with Crippen molar-refractivity contribution in [3.63, 3.8) is 0 Å². The van der Waals surface area contributed by atoms with Crippen LogP contribution in [-0.4, -0.2) is 0 Å². The number of pyridine rings is 1. The van der Waals surface area contributed by atoms with E-state index < -0.39 is 0 Å². The summed E-state index contributed by atoms with van der Waals surface area (Å²) in [6, 6.07) is 12.0. The SMILES string of the molecule is C[n+]1ccc(C=C2C=CN(c3ccc(Cl)cc3)C=C2)cc1. The van der Waals surface area contributed by atoms with E-state index in [0.29, 0.717) is 0 Å². The lowest BCUT2D eigenvalue weighted by atomic mass is 10.1. The average Bonchev–Trinajstić information content (AvgIpc) is 2.51. The fraction of sp³-hybridized carbons (Fsp3) is 0.0556. The van der Waals surface area contributed by atoms with Crippen molar-refractivity contribution in [2.24, 2.45) is 7.05 Å². The van der Waals surface area contributed by atoms with Crippen molar-refractivity contribution in [1.82, 2.24) is 0 Å². The van der Waals surface area contributed by atoms with Crippen molar-refractivity contribution < 1.29 is 4.57 Å². The molecule has 0 spiro atoms. The van der Waals surface area contributed by atoms with Crippen molar-refractivity contribution in [3.8, 4) is 0 Å². The first-order valence-electron chi connectivity index (χ1n) is 6.78. The van der Waals surface area contributed by atoms with Gasteiger partial charge in [-0.3, -0.25) is 0 Å². The van der Waals surface area contributed by atoms with E-state index in [0.717, 1.165) is 10.7 Å². The van der Waals surface area contributed by atoms with Crippen LogP contribution in [-0.2, 0) is 7.05 Å². The zero-order valence-electron chi connectivity index (χ0n) is 11.8. The molecule has 0 N–H and O–H groups in total. The highest BCUT2D eigenvalue weighted by Crippen LogP contribution is 2.22. The maximum atomic E-state index is 5.91. The Hall–Kier alpha value is -2.32. The highest BCUT2D eigenvalue weighted by molar-refractivity contribution is 6.30. The standard InChI is InChI=1S/C18H16ClN2/c1-20-10-6-15(7-11-20)14-16-8-12-21(13-9-16)18-4-2-17(19)3-5-18/h2-14H,1H3/q+1. The number of hydrogen-bond acceptors (Lipinski definition) is 1. The number of benzene rings is 1.